The van der Waals surface area contributed by atoms with Crippen LogP contribution in [0.4, 0.5) is 0 Å². The predicted molar refractivity (Wildman–Crippen MR) is 101 cm³/mol. The lowest BCUT2D eigenvalue weighted by Gasteiger charge is -2.28. The molecule has 1 aliphatic carbocycles. The average molecular weight is 369 g/mol. The number of nitrogens with one attached hydrogen (secondary N) is 2. The molecule has 3 rings (SSSR count). The zero-order chi connectivity index (χ0) is 16.9. The van der Waals surface area contributed by atoms with Crippen molar-refractivity contribution in [1.82, 2.24) is 10.6 Å². The van der Waals surface area contributed by atoms with Gasteiger partial charge in [0.2, 0.25) is 0 Å². The average Bonchev–Trinajstić information content (AvgIpc) is 3.08. The van der Waals surface area contributed by atoms with E-state index in [-0.39, 0.29) is 30.5 Å². The van der Waals surface area contributed by atoms with Gasteiger partial charge >= 0.3 is 0 Å². The van der Waals surface area contributed by atoms with E-state index in [1.165, 1.54) is 12.8 Å². The molecule has 1 aromatic rings. The van der Waals surface area contributed by atoms with E-state index < -0.39 is 0 Å². The minimum absolute atomic E-state index is 0. The van der Waals surface area contributed by atoms with Crippen LogP contribution in [0, 0.1) is 0 Å². The third-order valence-corrected chi connectivity index (χ3v) is 4.98. The third kappa shape index (κ3) is 5.25. The molecule has 2 atom stereocenters. The molecule has 2 N–H and O–H groups in total. The fourth-order valence-electron chi connectivity index (χ4n) is 3.62. The van der Waals surface area contributed by atoms with Crippen LogP contribution in [0.3, 0.4) is 0 Å². The summed E-state index contributed by atoms with van der Waals surface area (Å²) in [6.45, 7) is 3.10. The Bertz CT molecular complexity index is 576. The van der Waals surface area contributed by atoms with E-state index in [2.05, 4.69) is 17.6 Å². The van der Waals surface area contributed by atoms with E-state index in [4.69, 9.17) is 9.47 Å². The summed E-state index contributed by atoms with van der Waals surface area (Å²) in [5.74, 6) is 1.32. The SMILES string of the molecule is COc1cc(C(=O)NC2CCNC(C)C2)ccc1OC1CCCC1.Cl. The Labute approximate surface area is 156 Å². The lowest BCUT2D eigenvalue weighted by Crippen LogP contribution is -2.46. The minimum atomic E-state index is -0.0418. The molecule has 0 bridgehead atoms. The normalized spacial score (nSPS) is 23.6. The molecule has 1 amide bonds. The lowest BCUT2D eigenvalue weighted by atomic mass is 10.00. The van der Waals surface area contributed by atoms with Crippen molar-refractivity contribution in [1.29, 1.82) is 0 Å². The summed E-state index contributed by atoms with van der Waals surface area (Å²) in [4.78, 5) is 12.5. The molecule has 2 fully saturated rings. The van der Waals surface area contributed by atoms with Crippen molar-refractivity contribution in [2.75, 3.05) is 13.7 Å². The molecule has 140 valence electrons. The van der Waals surface area contributed by atoms with Crippen molar-refractivity contribution in [2.24, 2.45) is 0 Å². The zero-order valence-corrected chi connectivity index (χ0v) is 15.9. The second-order valence-electron chi connectivity index (χ2n) is 6.94. The number of hydrogen-bond donors (Lipinski definition) is 2. The smallest absolute Gasteiger partial charge is 0.251 e. The van der Waals surface area contributed by atoms with Crippen molar-refractivity contribution in [3.05, 3.63) is 23.8 Å². The lowest BCUT2D eigenvalue weighted by molar-refractivity contribution is 0.0925. The Morgan fingerprint density at radius 3 is 2.64 bits per heavy atom. The van der Waals surface area contributed by atoms with Crippen molar-refractivity contribution in [3.63, 3.8) is 0 Å². The highest BCUT2D eigenvalue weighted by molar-refractivity contribution is 5.95. The quantitative estimate of drug-likeness (QED) is 0.837. The number of amides is 1. The molecular formula is C19H29ClN2O3. The number of benzene rings is 1. The molecule has 2 aliphatic rings. The summed E-state index contributed by atoms with van der Waals surface area (Å²) in [5, 5.41) is 6.53. The Balaban J connectivity index is 0.00000225. The first-order chi connectivity index (χ1) is 11.7. The van der Waals surface area contributed by atoms with E-state index in [0.29, 0.717) is 17.4 Å². The van der Waals surface area contributed by atoms with Gasteiger partial charge in [0.25, 0.3) is 5.91 Å². The second-order valence-corrected chi connectivity index (χ2v) is 6.94. The number of methoxy groups -OCH3 is 1. The van der Waals surface area contributed by atoms with E-state index >= 15 is 0 Å². The second kappa shape index (κ2) is 9.30. The summed E-state index contributed by atoms with van der Waals surface area (Å²) in [7, 11) is 1.62. The largest absolute Gasteiger partial charge is 0.493 e. The standard InChI is InChI=1S/C19H28N2O3.ClH/c1-13-11-15(9-10-20-13)21-19(22)14-7-8-17(18(12-14)23-2)24-16-5-3-4-6-16;/h7-8,12-13,15-16,20H,3-6,9-11H2,1-2H3,(H,21,22);1H. The van der Waals surface area contributed by atoms with Crippen LogP contribution < -0.4 is 20.1 Å². The molecule has 0 spiro atoms. The van der Waals surface area contributed by atoms with E-state index in [9.17, 15) is 4.79 Å². The van der Waals surface area contributed by atoms with Crippen LogP contribution in [0.25, 0.3) is 0 Å². The first kappa shape index (κ1) is 19.9. The maximum absolute atomic E-state index is 12.5. The van der Waals surface area contributed by atoms with Crippen LogP contribution in [-0.2, 0) is 0 Å². The van der Waals surface area contributed by atoms with Crippen LogP contribution in [0.2, 0.25) is 0 Å². The van der Waals surface area contributed by atoms with Gasteiger partial charge in [-0.3, -0.25) is 4.79 Å². The number of halogens is 1. The fraction of sp³-hybridized carbons (Fsp3) is 0.632. The van der Waals surface area contributed by atoms with Crippen LogP contribution in [-0.4, -0.2) is 37.7 Å². The third-order valence-electron chi connectivity index (χ3n) is 4.98. The monoisotopic (exact) mass is 368 g/mol. The van der Waals surface area contributed by atoms with Crippen molar-refractivity contribution >= 4 is 18.3 Å². The van der Waals surface area contributed by atoms with Gasteiger partial charge in [0, 0.05) is 17.6 Å². The molecule has 1 heterocycles. The maximum atomic E-state index is 12.5. The molecule has 1 aromatic carbocycles. The van der Waals surface area contributed by atoms with E-state index in [1.807, 2.05) is 12.1 Å². The summed E-state index contributed by atoms with van der Waals surface area (Å²) < 4.78 is 11.5. The summed E-state index contributed by atoms with van der Waals surface area (Å²) in [6.07, 6.45) is 6.85. The van der Waals surface area contributed by atoms with Gasteiger partial charge < -0.3 is 20.1 Å². The van der Waals surface area contributed by atoms with Gasteiger partial charge in [0.1, 0.15) is 0 Å². The molecule has 1 aliphatic heterocycles. The van der Waals surface area contributed by atoms with Gasteiger partial charge in [-0.15, -0.1) is 12.4 Å². The van der Waals surface area contributed by atoms with Crippen molar-refractivity contribution in [2.45, 2.75) is 63.6 Å². The number of carbonyl (C=O) groups excluding carboxylic acids is 1. The molecule has 1 saturated heterocycles. The highest BCUT2D eigenvalue weighted by atomic mass is 35.5. The molecule has 25 heavy (non-hydrogen) atoms. The van der Waals surface area contributed by atoms with Crippen LogP contribution >= 0.6 is 12.4 Å². The number of piperidine rings is 1. The molecule has 2 unspecified atom stereocenters. The first-order valence-corrected chi connectivity index (χ1v) is 9.04. The topological polar surface area (TPSA) is 59.6 Å². The fourth-order valence-corrected chi connectivity index (χ4v) is 3.62. The molecule has 0 radical (unpaired) electrons. The molecule has 1 saturated carbocycles. The van der Waals surface area contributed by atoms with Gasteiger partial charge in [-0.25, -0.2) is 0 Å². The number of ether oxygens (including phenoxy) is 2. The van der Waals surface area contributed by atoms with Crippen LogP contribution in [0.5, 0.6) is 11.5 Å². The highest BCUT2D eigenvalue weighted by Crippen LogP contribution is 2.32. The molecule has 0 aromatic heterocycles. The molecule has 6 heteroatoms. The van der Waals surface area contributed by atoms with Gasteiger partial charge in [-0.1, -0.05) is 0 Å². The number of hydrogen-bond acceptors (Lipinski definition) is 4. The van der Waals surface area contributed by atoms with Crippen molar-refractivity contribution in [3.8, 4) is 11.5 Å². The Hall–Kier alpha value is -1.46. The highest BCUT2D eigenvalue weighted by Gasteiger charge is 2.22. The molecular weight excluding hydrogens is 340 g/mol. The Kier molecular flexibility index (Phi) is 7.38. The first-order valence-electron chi connectivity index (χ1n) is 9.04. The predicted octanol–water partition coefficient (Wildman–Crippen LogP) is 3.31. The summed E-state index contributed by atoms with van der Waals surface area (Å²) >= 11 is 0. The van der Waals surface area contributed by atoms with Crippen LogP contribution in [0.1, 0.15) is 55.8 Å². The maximum Gasteiger partial charge on any atom is 0.251 e. The number of rotatable bonds is 5. The van der Waals surface area contributed by atoms with Crippen molar-refractivity contribution < 1.29 is 14.3 Å². The molecule has 5 nitrogen and oxygen atoms in total. The van der Waals surface area contributed by atoms with E-state index in [1.54, 1.807) is 13.2 Å². The van der Waals surface area contributed by atoms with Gasteiger partial charge in [0.05, 0.1) is 13.2 Å². The van der Waals surface area contributed by atoms with Gasteiger partial charge in [-0.05, 0) is 70.2 Å². The summed E-state index contributed by atoms with van der Waals surface area (Å²) in [6, 6.07) is 6.14. The Morgan fingerprint density at radius 1 is 1.20 bits per heavy atom. The minimum Gasteiger partial charge on any atom is -0.493 e. The number of carbonyl (C=O) groups is 1. The zero-order valence-electron chi connectivity index (χ0n) is 15.0. The van der Waals surface area contributed by atoms with E-state index in [0.717, 1.165) is 38.0 Å². The van der Waals surface area contributed by atoms with Gasteiger partial charge in [0.15, 0.2) is 11.5 Å². The van der Waals surface area contributed by atoms with Gasteiger partial charge in [-0.2, -0.15) is 0 Å². The Morgan fingerprint density at radius 2 is 1.96 bits per heavy atom. The van der Waals surface area contributed by atoms with Crippen LogP contribution in [0.15, 0.2) is 18.2 Å². The summed E-state index contributed by atoms with van der Waals surface area (Å²) in [5.41, 5.74) is 0.622.